The van der Waals surface area contributed by atoms with Crippen LogP contribution in [0.25, 0.3) is 0 Å². The molecule has 1 aromatic heterocycles. The van der Waals surface area contributed by atoms with Crippen LogP contribution in [0.5, 0.6) is 0 Å². The molecule has 94 valence electrons. The van der Waals surface area contributed by atoms with Crippen molar-refractivity contribution in [2.24, 2.45) is 0 Å². The van der Waals surface area contributed by atoms with Crippen molar-refractivity contribution in [3.05, 3.63) is 28.9 Å². The van der Waals surface area contributed by atoms with Gasteiger partial charge in [-0.2, -0.15) is 0 Å². The van der Waals surface area contributed by atoms with E-state index >= 15 is 0 Å². The Morgan fingerprint density at radius 3 is 1.82 bits per heavy atom. The Kier molecular flexibility index (Phi) is 6.14. The number of aromatic nitrogens is 2. The molecule has 0 amide bonds. The Morgan fingerprint density at radius 2 is 1.65 bits per heavy atom. The van der Waals surface area contributed by atoms with E-state index in [1.54, 1.807) is 6.07 Å². The second-order valence-corrected chi connectivity index (χ2v) is 2.65. The van der Waals surface area contributed by atoms with Gasteiger partial charge in [-0.05, 0) is 6.07 Å². The molecule has 2 atom stereocenters. The van der Waals surface area contributed by atoms with Gasteiger partial charge in [-0.15, -0.1) is 0 Å². The Hall–Kier alpha value is -2.26. The molecule has 1 rings (SSSR count). The summed E-state index contributed by atoms with van der Waals surface area (Å²) in [5.74, 6) is -3.54. The van der Waals surface area contributed by atoms with Crippen molar-refractivity contribution in [1.29, 1.82) is 0 Å². The number of H-pyrrole nitrogens is 1. The fourth-order valence-corrected chi connectivity index (χ4v) is 0.581. The number of aliphatic hydroxyl groups excluding tert-OH is 2. The first-order chi connectivity index (χ1) is 7.86. The van der Waals surface area contributed by atoms with Crippen LogP contribution < -0.4 is 5.69 Å². The van der Waals surface area contributed by atoms with Crippen LogP contribution >= 0.6 is 0 Å². The van der Waals surface area contributed by atoms with Gasteiger partial charge in [-0.3, -0.25) is 0 Å². The number of aromatic amines is 1. The van der Waals surface area contributed by atoms with Gasteiger partial charge in [-0.1, -0.05) is 0 Å². The van der Waals surface area contributed by atoms with Gasteiger partial charge in [0.1, 0.15) is 0 Å². The van der Waals surface area contributed by atoms with E-state index in [0.29, 0.717) is 0 Å². The van der Waals surface area contributed by atoms with E-state index in [2.05, 4.69) is 9.97 Å². The van der Waals surface area contributed by atoms with Gasteiger partial charge < -0.3 is 25.4 Å². The van der Waals surface area contributed by atoms with E-state index in [1.165, 1.54) is 12.4 Å². The quantitative estimate of drug-likeness (QED) is 0.396. The van der Waals surface area contributed by atoms with Crippen molar-refractivity contribution in [2.75, 3.05) is 0 Å². The number of carboxylic acids is 2. The van der Waals surface area contributed by atoms with Gasteiger partial charge in [0, 0.05) is 12.4 Å². The zero-order chi connectivity index (χ0) is 13.4. The van der Waals surface area contributed by atoms with Gasteiger partial charge >= 0.3 is 17.6 Å². The summed E-state index contributed by atoms with van der Waals surface area (Å²) in [6.07, 6.45) is -1.55. The number of aliphatic carboxylic acids is 2. The van der Waals surface area contributed by atoms with Crippen LogP contribution in [0.1, 0.15) is 0 Å². The zero-order valence-corrected chi connectivity index (χ0v) is 8.35. The molecular formula is C8H10N2O7. The van der Waals surface area contributed by atoms with Crippen molar-refractivity contribution >= 4 is 11.9 Å². The number of hydrogen-bond acceptors (Lipinski definition) is 6. The lowest BCUT2D eigenvalue weighted by Gasteiger charge is -2.07. The second kappa shape index (κ2) is 7.09. The molecule has 5 N–H and O–H groups in total. The fraction of sp³-hybridized carbons (Fsp3) is 0.250. The highest BCUT2D eigenvalue weighted by molar-refractivity contribution is 5.83. The first kappa shape index (κ1) is 14.7. The van der Waals surface area contributed by atoms with Crippen LogP contribution in [0, 0.1) is 0 Å². The number of nitrogens with zero attached hydrogens (tertiary/aromatic N) is 1. The molecule has 9 nitrogen and oxygen atoms in total. The molecule has 0 fully saturated rings. The maximum absolute atomic E-state index is 10.1. The lowest BCUT2D eigenvalue weighted by molar-refractivity contribution is -0.165. The second-order valence-electron chi connectivity index (χ2n) is 2.65. The number of aliphatic hydroxyl groups is 2. The maximum Gasteiger partial charge on any atom is 0.344 e. The van der Waals surface area contributed by atoms with Gasteiger partial charge in [0.25, 0.3) is 0 Å². The number of carbonyl (C=O) groups is 2. The molecule has 0 saturated heterocycles. The van der Waals surface area contributed by atoms with E-state index in [1.807, 2.05) is 0 Å². The fourth-order valence-electron chi connectivity index (χ4n) is 0.581. The summed E-state index contributed by atoms with van der Waals surface area (Å²) in [6.45, 7) is 0. The largest absolute Gasteiger partial charge is 0.479 e. The molecule has 0 aromatic carbocycles. The van der Waals surface area contributed by atoms with E-state index in [0.717, 1.165) is 0 Å². The molecule has 0 aliphatic carbocycles. The highest BCUT2D eigenvalue weighted by Crippen LogP contribution is 1.92. The van der Waals surface area contributed by atoms with Gasteiger partial charge in [0.15, 0.2) is 12.2 Å². The Morgan fingerprint density at radius 1 is 1.18 bits per heavy atom. The number of hydrogen-bond donors (Lipinski definition) is 5. The van der Waals surface area contributed by atoms with E-state index in [-0.39, 0.29) is 5.69 Å². The predicted octanol–water partition coefficient (Wildman–Crippen LogP) is -2.35. The molecular weight excluding hydrogens is 236 g/mol. The summed E-state index contributed by atoms with van der Waals surface area (Å²) in [7, 11) is 0. The standard InChI is InChI=1S/C4H4N2O.C4H6O6/c7-4-5-2-1-3-6-4;5-1(3(7)8)2(6)4(9)10/h1-3H,(H,5,6,7);1-2,5-6H,(H,7,8)(H,9,10). The van der Waals surface area contributed by atoms with E-state index < -0.39 is 24.1 Å². The van der Waals surface area contributed by atoms with Gasteiger partial charge in [0.2, 0.25) is 0 Å². The highest BCUT2D eigenvalue weighted by Gasteiger charge is 2.29. The maximum atomic E-state index is 10.1. The van der Waals surface area contributed by atoms with Crippen LogP contribution in [0.2, 0.25) is 0 Å². The number of carboxylic acid groups (broad SMARTS) is 2. The average molecular weight is 246 g/mol. The van der Waals surface area contributed by atoms with Crippen molar-refractivity contribution in [2.45, 2.75) is 12.2 Å². The SMILES string of the molecule is O=C(O)C(O)C(O)C(=O)O.O=c1nccc[nH]1. The first-order valence-corrected chi connectivity index (χ1v) is 4.17. The summed E-state index contributed by atoms with van der Waals surface area (Å²) in [6, 6.07) is 1.65. The van der Waals surface area contributed by atoms with Crippen molar-refractivity contribution in [1.82, 2.24) is 9.97 Å². The van der Waals surface area contributed by atoms with Crippen molar-refractivity contribution in [3.63, 3.8) is 0 Å². The Bertz CT molecular complexity index is 394. The first-order valence-electron chi connectivity index (χ1n) is 4.17. The molecule has 1 heterocycles. The molecule has 0 spiro atoms. The molecule has 0 aliphatic heterocycles. The molecule has 9 heteroatoms. The molecule has 2 unspecified atom stereocenters. The summed E-state index contributed by atoms with van der Waals surface area (Å²) in [4.78, 5) is 35.4. The lowest BCUT2D eigenvalue weighted by Crippen LogP contribution is -2.39. The summed E-state index contributed by atoms with van der Waals surface area (Å²) in [5.41, 5.74) is -0.303. The third-order valence-corrected chi connectivity index (χ3v) is 1.39. The normalized spacial score (nSPS) is 12.8. The number of nitrogens with one attached hydrogen (secondary N) is 1. The Balaban J connectivity index is 0.000000318. The molecule has 17 heavy (non-hydrogen) atoms. The highest BCUT2D eigenvalue weighted by atomic mass is 16.4. The van der Waals surface area contributed by atoms with Crippen molar-refractivity contribution < 1.29 is 30.0 Å². The minimum atomic E-state index is -2.27. The van der Waals surface area contributed by atoms with Crippen LogP contribution in [0.3, 0.4) is 0 Å². The van der Waals surface area contributed by atoms with E-state index in [4.69, 9.17) is 20.4 Å². The predicted molar refractivity (Wildman–Crippen MR) is 52.1 cm³/mol. The van der Waals surface area contributed by atoms with Crippen LogP contribution in [-0.4, -0.2) is 54.5 Å². The molecule has 0 saturated carbocycles. The average Bonchev–Trinajstić information content (AvgIpc) is 2.28. The minimum Gasteiger partial charge on any atom is -0.479 e. The third kappa shape index (κ3) is 6.02. The molecule has 0 aliphatic rings. The monoisotopic (exact) mass is 246 g/mol. The summed E-state index contributed by atoms with van der Waals surface area (Å²) >= 11 is 0. The number of rotatable bonds is 3. The van der Waals surface area contributed by atoms with Crippen LogP contribution in [-0.2, 0) is 9.59 Å². The van der Waals surface area contributed by atoms with E-state index in [9.17, 15) is 14.4 Å². The molecule has 0 bridgehead atoms. The molecule has 1 aromatic rings. The minimum absolute atomic E-state index is 0.303. The third-order valence-electron chi connectivity index (χ3n) is 1.39. The van der Waals surface area contributed by atoms with Gasteiger partial charge in [-0.25, -0.2) is 19.4 Å². The topological polar surface area (TPSA) is 161 Å². The van der Waals surface area contributed by atoms with Crippen LogP contribution in [0.15, 0.2) is 23.3 Å². The zero-order valence-electron chi connectivity index (χ0n) is 8.35. The van der Waals surface area contributed by atoms with Crippen LogP contribution in [0.4, 0.5) is 0 Å². The molecule has 0 radical (unpaired) electrons. The summed E-state index contributed by atoms with van der Waals surface area (Å²) in [5, 5.41) is 32.5. The van der Waals surface area contributed by atoms with Crippen molar-refractivity contribution in [3.8, 4) is 0 Å². The lowest BCUT2D eigenvalue weighted by atomic mass is 10.2. The summed E-state index contributed by atoms with van der Waals surface area (Å²) < 4.78 is 0. The Labute approximate surface area is 94.0 Å². The van der Waals surface area contributed by atoms with Gasteiger partial charge in [0.05, 0.1) is 0 Å². The smallest absolute Gasteiger partial charge is 0.344 e.